The predicted octanol–water partition coefficient (Wildman–Crippen LogP) is 3.52. The summed E-state index contributed by atoms with van der Waals surface area (Å²) in [6, 6.07) is 16.7. The molecule has 1 fully saturated rings. The van der Waals surface area contributed by atoms with Crippen molar-refractivity contribution in [3.8, 4) is 5.75 Å². The van der Waals surface area contributed by atoms with Crippen LogP contribution < -0.4 is 14.5 Å². The molecule has 7 heteroatoms. The molecule has 0 spiro atoms. The van der Waals surface area contributed by atoms with Gasteiger partial charge in [0.2, 0.25) is 0 Å². The normalized spacial score (nSPS) is 14.3. The predicted molar refractivity (Wildman–Crippen MR) is 123 cm³/mol. The molecule has 2 aromatic heterocycles. The van der Waals surface area contributed by atoms with Crippen LogP contribution in [0.1, 0.15) is 11.1 Å². The molecule has 0 N–H and O–H groups in total. The highest BCUT2D eigenvalue weighted by molar-refractivity contribution is 5.86. The Bertz CT molecular complexity index is 1200. The third-order valence-corrected chi connectivity index (χ3v) is 5.83. The fourth-order valence-corrected chi connectivity index (χ4v) is 4.19. The number of nitrogens with zero attached hydrogens (tertiary/aromatic N) is 6. The van der Waals surface area contributed by atoms with Crippen LogP contribution in [0.2, 0.25) is 0 Å². The van der Waals surface area contributed by atoms with Crippen molar-refractivity contribution < 1.29 is 4.74 Å². The zero-order valence-corrected chi connectivity index (χ0v) is 17.9. The van der Waals surface area contributed by atoms with Gasteiger partial charge >= 0.3 is 0 Å². The highest BCUT2D eigenvalue weighted by Crippen LogP contribution is 2.26. The van der Waals surface area contributed by atoms with Crippen molar-refractivity contribution in [3.63, 3.8) is 0 Å². The van der Waals surface area contributed by atoms with Crippen LogP contribution in [0.15, 0.2) is 61.1 Å². The van der Waals surface area contributed by atoms with E-state index in [9.17, 15) is 0 Å². The first kappa shape index (κ1) is 19.4. The molecule has 1 aliphatic heterocycles. The van der Waals surface area contributed by atoms with Crippen LogP contribution in [-0.4, -0.2) is 53.0 Å². The summed E-state index contributed by atoms with van der Waals surface area (Å²) >= 11 is 0. The zero-order valence-electron chi connectivity index (χ0n) is 17.9. The van der Waals surface area contributed by atoms with Gasteiger partial charge in [-0.25, -0.2) is 14.6 Å². The summed E-state index contributed by atoms with van der Waals surface area (Å²) in [7, 11) is 1.68. The van der Waals surface area contributed by atoms with Crippen LogP contribution in [0.25, 0.3) is 11.0 Å². The largest absolute Gasteiger partial charge is 0.497 e. The van der Waals surface area contributed by atoms with Crippen molar-refractivity contribution in [2.75, 3.05) is 43.1 Å². The average Bonchev–Trinajstić information content (AvgIpc) is 3.22. The Morgan fingerprint density at radius 3 is 2.55 bits per heavy atom. The summed E-state index contributed by atoms with van der Waals surface area (Å²) in [6.07, 6.45) is 3.53. The van der Waals surface area contributed by atoms with Crippen LogP contribution in [-0.2, 0) is 6.54 Å². The van der Waals surface area contributed by atoms with Gasteiger partial charge in [-0.1, -0.05) is 24.3 Å². The Morgan fingerprint density at radius 2 is 1.74 bits per heavy atom. The van der Waals surface area contributed by atoms with Gasteiger partial charge in [0.05, 0.1) is 25.2 Å². The number of hydrogen-bond acceptors (Lipinski definition) is 6. The second-order valence-electron chi connectivity index (χ2n) is 7.90. The lowest BCUT2D eigenvalue weighted by atomic mass is 10.2. The molecule has 0 bridgehead atoms. The number of aromatic nitrogens is 4. The van der Waals surface area contributed by atoms with Crippen molar-refractivity contribution in [2.45, 2.75) is 13.5 Å². The highest BCUT2D eigenvalue weighted by atomic mass is 16.5. The van der Waals surface area contributed by atoms with Gasteiger partial charge in [-0.05, 0) is 42.3 Å². The summed E-state index contributed by atoms with van der Waals surface area (Å²) in [5.41, 5.74) is 4.56. The molecule has 0 atom stereocenters. The van der Waals surface area contributed by atoms with E-state index in [1.807, 2.05) is 29.1 Å². The van der Waals surface area contributed by atoms with Crippen molar-refractivity contribution in [1.29, 1.82) is 0 Å². The molecule has 0 radical (unpaired) electrons. The minimum absolute atomic E-state index is 0.637. The van der Waals surface area contributed by atoms with Crippen LogP contribution in [0.4, 0.5) is 11.5 Å². The Labute approximate surface area is 181 Å². The van der Waals surface area contributed by atoms with Crippen LogP contribution in [0.5, 0.6) is 5.75 Å². The van der Waals surface area contributed by atoms with Gasteiger partial charge in [0.15, 0.2) is 5.65 Å². The number of piperazine rings is 1. The standard InChI is InChI=1S/C24H26N6O/c1-18-5-3-7-20(13-18)28-9-11-29(12-10-28)23-22-15-27-30(24(22)26-17-25-23)16-19-6-4-8-21(14-19)31-2/h3-8,13-15,17H,9-12,16H2,1-2H3. The SMILES string of the molecule is COc1cccc(Cn2ncc3c(N4CCN(c5cccc(C)c5)CC4)ncnc32)c1. The molecule has 31 heavy (non-hydrogen) atoms. The van der Waals surface area contributed by atoms with Crippen molar-refractivity contribution >= 4 is 22.5 Å². The number of ether oxygens (including phenoxy) is 1. The maximum absolute atomic E-state index is 5.34. The van der Waals surface area contributed by atoms with Crippen LogP contribution in [0.3, 0.4) is 0 Å². The third kappa shape index (κ3) is 3.91. The molecule has 1 aliphatic rings. The summed E-state index contributed by atoms with van der Waals surface area (Å²) in [4.78, 5) is 13.9. The molecule has 0 aliphatic carbocycles. The molecule has 5 rings (SSSR count). The van der Waals surface area contributed by atoms with Crippen molar-refractivity contribution in [1.82, 2.24) is 19.7 Å². The third-order valence-electron chi connectivity index (χ3n) is 5.83. The summed E-state index contributed by atoms with van der Waals surface area (Å²) in [5.74, 6) is 1.81. The van der Waals surface area contributed by atoms with E-state index < -0.39 is 0 Å². The lowest BCUT2D eigenvalue weighted by Crippen LogP contribution is -2.46. The molecule has 2 aromatic carbocycles. The van der Waals surface area contributed by atoms with Gasteiger partial charge in [0, 0.05) is 31.9 Å². The number of anilines is 2. The van der Waals surface area contributed by atoms with E-state index in [1.165, 1.54) is 11.3 Å². The minimum Gasteiger partial charge on any atom is -0.497 e. The van der Waals surface area contributed by atoms with E-state index in [2.05, 4.69) is 62.1 Å². The summed E-state index contributed by atoms with van der Waals surface area (Å²) < 4.78 is 7.27. The van der Waals surface area contributed by atoms with Gasteiger partial charge in [0.1, 0.15) is 17.9 Å². The lowest BCUT2D eigenvalue weighted by Gasteiger charge is -2.37. The van der Waals surface area contributed by atoms with E-state index in [0.29, 0.717) is 6.54 Å². The Hall–Kier alpha value is -3.61. The fraction of sp³-hybridized carbons (Fsp3) is 0.292. The van der Waals surface area contributed by atoms with Gasteiger partial charge in [-0.2, -0.15) is 5.10 Å². The quantitative estimate of drug-likeness (QED) is 0.498. The smallest absolute Gasteiger partial charge is 0.163 e. The highest BCUT2D eigenvalue weighted by Gasteiger charge is 2.21. The summed E-state index contributed by atoms with van der Waals surface area (Å²) in [6.45, 7) is 6.54. The van der Waals surface area contributed by atoms with Gasteiger partial charge < -0.3 is 14.5 Å². The Balaban J connectivity index is 1.35. The number of aryl methyl sites for hydroxylation is 1. The molecule has 7 nitrogen and oxygen atoms in total. The number of hydrogen-bond donors (Lipinski definition) is 0. The maximum Gasteiger partial charge on any atom is 0.163 e. The van der Waals surface area contributed by atoms with E-state index in [4.69, 9.17) is 4.74 Å². The van der Waals surface area contributed by atoms with E-state index in [0.717, 1.165) is 54.3 Å². The fourth-order valence-electron chi connectivity index (χ4n) is 4.19. The van der Waals surface area contributed by atoms with Crippen molar-refractivity contribution in [3.05, 3.63) is 72.2 Å². The Kier molecular flexibility index (Phi) is 5.16. The molecule has 0 saturated carbocycles. The average molecular weight is 415 g/mol. The maximum atomic E-state index is 5.34. The molecule has 0 amide bonds. The van der Waals surface area contributed by atoms with E-state index in [1.54, 1.807) is 13.4 Å². The second kappa shape index (κ2) is 8.26. The minimum atomic E-state index is 0.637. The zero-order chi connectivity index (χ0) is 21.2. The van der Waals surface area contributed by atoms with E-state index >= 15 is 0 Å². The molecular weight excluding hydrogens is 388 g/mol. The number of fused-ring (bicyclic) bond motifs is 1. The second-order valence-corrected chi connectivity index (χ2v) is 7.90. The number of rotatable bonds is 5. The van der Waals surface area contributed by atoms with Crippen molar-refractivity contribution in [2.24, 2.45) is 0 Å². The van der Waals surface area contributed by atoms with E-state index in [-0.39, 0.29) is 0 Å². The Morgan fingerprint density at radius 1 is 0.935 bits per heavy atom. The van der Waals surface area contributed by atoms with Crippen LogP contribution in [0, 0.1) is 6.92 Å². The molecule has 0 unspecified atom stereocenters. The molecule has 4 aromatic rings. The monoisotopic (exact) mass is 414 g/mol. The number of methoxy groups -OCH3 is 1. The van der Waals surface area contributed by atoms with Gasteiger partial charge in [0.25, 0.3) is 0 Å². The first-order valence-electron chi connectivity index (χ1n) is 10.6. The first-order valence-corrected chi connectivity index (χ1v) is 10.6. The van der Waals surface area contributed by atoms with Gasteiger partial charge in [-0.15, -0.1) is 0 Å². The van der Waals surface area contributed by atoms with Crippen LogP contribution >= 0.6 is 0 Å². The van der Waals surface area contributed by atoms with Gasteiger partial charge in [-0.3, -0.25) is 0 Å². The summed E-state index contributed by atoms with van der Waals surface area (Å²) in [5, 5.41) is 5.60. The molecule has 1 saturated heterocycles. The first-order chi connectivity index (χ1) is 15.2. The number of benzene rings is 2. The molecule has 3 heterocycles. The molecule has 158 valence electrons. The lowest BCUT2D eigenvalue weighted by molar-refractivity contribution is 0.414. The topological polar surface area (TPSA) is 59.3 Å². The molecular formula is C24H26N6O.